The molecular formula is C19H17F4N3O. The molecule has 27 heavy (non-hydrogen) atoms. The smallest absolute Gasteiger partial charge is 0.382 e. The van der Waals surface area contributed by atoms with Crippen LogP contribution in [0.4, 0.5) is 23.4 Å². The maximum absolute atomic E-state index is 13.2. The highest BCUT2D eigenvalue weighted by atomic mass is 19.4. The Bertz CT molecular complexity index is 919. The van der Waals surface area contributed by atoms with E-state index in [1.54, 1.807) is 47.1 Å². The Hall–Kier alpha value is -2.87. The number of nitrogens with two attached hydrogens (primary N) is 1. The van der Waals surface area contributed by atoms with Gasteiger partial charge >= 0.3 is 6.18 Å². The molecule has 142 valence electrons. The van der Waals surface area contributed by atoms with Crippen LogP contribution in [0.15, 0.2) is 54.6 Å². The molecule has 0 aliphatic rings. The van der Waals surface area contributed by atoms with Gasteiger partial charge in [0.15, 0.2) is 6.10 Å². The average Bonchev–Trinajstić information content (AvgIpc) is 3.01. The summed E-state index contributed by atoms with van der Waals surface area (Å²) in [4.78, 5) is 0. The van der Waals surface area contributed by atoms with E-state index in [1.807, 2.05) is 0 Å². The number of anilines is 1. The van der Waals surface area contributed by atoms with Crippen LogP contribution < -0.4 is 5.73 Å². The molecule has 2 aromatic carbocycles. The molecule has 0 saturated carbocycles. The van der Waals surface area contributed by atoms with Gasteiger partial charge in [-0.3, -0.25) is 0 Å². The summed E-state index contributed by atoms with van der Waals surface area (Å²) >= 11 is 0. The van der Waals surface area contributed by atoms with E-state index in [0.29, 0.717) is 22.5 Å². The van der Waals surface area contributed by atoms with Crippen LogP contribution in [-0.2, 0) is 11.3 Å². The first-order valence-corrected chi connectivity index (χ1v) is 8.13. The van der Waals surface area contributed by atoms with E-state index in [4.69, 9.17) is 10.5 Å². The largest absolute Gasteiger partial charge is 0.414 e. The predicted molar refractivity (Wildman–Crippen MR) is 93.7 cm³/mol. The maximum atomic E-state index is 13.2. The van der Waals surface area contributed by atoms with Crippen LogP contribution in [0.25, 0.3) is 16.9 Å². The second-order valence-corrected chi connectivity index (χ2v) is 6.04. The molecular weight excluding hydrogens is 362 g/mol. The quantitative estimate of drug-likeness (QED) is 0.652. The van der Waals surface area contributed by atoms with Crippen molar-refractivity contribution in [2.45, 2.75) is 25.8 Å². The predicted octanol–water partition coefficient (Wildman–Crippen LogP) is 4.73. The molecule has 3 rings (SSSR count). The number of ether oxygens (including phenoxy) is 1. The molecule has 3 aromatic rings. The topological polar surface area (TPSA) is 53.1 Å². The summed E-state index contributed by atoms with van der Waals surface area (Å²) in [6.45, 7) is 0.781. The van der Waals surface area contributed by atoms with E-state index < -0.39 is 12.3 Å². The van der Waals surface area contributed by atoms with Gasteiger partial charge in [-0.05, 0) is 42.8 Å². The zero-order valence-corrected chi connectivity index (χ0v) is 14.4. The van der Waals surface area contributed by atoms with Crippen molar-refractivity contribution in [3.8, 4) is 16.9 Å². The van der Waals surface area contributed by atoms with Crippen LogP contribution in [0.3, 0.4) is 0 Å². The minimum Gasteiger partial charge on any atom is -0.382 e. The summed E-state index contributed by atoms with van der Waals surface area (Å²) in [5, 5.41) is 4.22. The van der Waals surface area contributed by atoms with Crippen LogP contribution >= 0.6 is 0 Å². The second kappa shape index (κ2) is 7.40. The maximum Gasteiger partial charge on any atom is 0.414 e. The first kappa shape index (κ1) is 18.9. The molecule has 0 fully saturated rings. The van der Waals surface area contributed by atoms with Gasteiger partial charge in [-0.2, -0.15) is 18.3 Å². The molecule has 0 aliphatic heterocycles. The zero-order valence-electron chi connectivity index (χ0n) is 14.4. The molecule has 1 heterocycles. The Morgan fingerprint density at radius 1 is 1.11 bits per heavy atom. The van der Waals surface area contributed by atoms with Gasteiger partial charge in [0.2, 0.25) is 0 Å². The molecule has 8 heteroatoms. The van der Waals surface area contributed by atoms with Crippen molar-refractivity contribution in [3.63, 3.8) is 0 Å². The van der Waals surface area contributed by atoms with Crippen LogP contribution in [-0.4, -0.2) is 22.1 Å². The van der Waals surface area contributed by atoms with Crippen LogP contribution in [0.2, 0.25) is 0 Å². The molecule has 0 bridgehead atoms. The number of alkyl halides is 3. The first-order valence-electron chi connectivity index (χ1n) is 8.13. The SMILES string of the molecule is CC(OCc1cccc(-c2cc(N)nn2-c2ccc(F)cc2)c1)C(F)(F)F. The van der Waals surface area contributed by atoms with Gasteiger partial charge in [-0.15, -0.1) is 0 Å². The number of aromatic nitrogens is 2. The molecule has 1 aromatic heterocycles. The lowest BCUT2D eigenvalue weighted by atomic mass is 10.1. The molecule has 0 amide bonds. The normalized spacial score (nSPS) is 12.9. The van der Waals surface area contributed by atoms with E-state index in [2.05, 4.69) is 5.10 Å². The van der Waals surface area contributed by atoms with Gasteiger partial charge in [-0.25, -0.2) is 9.07 Å². The Balaban J connectivity index is 1.88. The minimum atomic E-state index is -4.41. The summed E-state index contributed by atoms with van der Waals surface area (Å²) in [6, 6.07) is 14.2. The Morgan fingerprint density at radius 2 is 1.81 bits per heavy atom. The number of benzene rings is 2. The number of nitrogen functional groups attached to an aromatic ring is 1. The third kappa shape index (κ3) is 4.46. The molecule has 1 atom stereocenters. The average molecular weight is 379 g/mol. The summed E-state index contributed by atoms with van der Waals surface area (Å²) < 4.78 is 57.4. The summed E-state index contributed by atoms with van der Waals surface area (Å²) in [5.74, 6) is -0.111. The molecule has 4 nitrogen and oxygen atoms in total. The summed E-state index contributed by atoms with van der Waals surface area (Å²) in [7, 11) is 0. The highest BCUT2D eigenvalue weighted by molar-refractivity contribution is 5.66. The van der Waals surface area contributed by atoms with Crippen molar-refractivity contribution >= 4 is 5.82 Å². The molecule has 0 aliphatic carbocycles. The first-order chi connectivity index (χ1) is 12.7. The number of halogens is 4. The van der Waals surface area contributed by atoms with Gasteiger partial charge in [0, 0.05) is 11.6 Å². The van der Waals surface area contributed by atoms with Crippen LogP contribution in [0.1, 0.15) is 12.5 Å². The van der Waals surface area contributed by atoms with Gasteiger partial charge in [0.1, 0.15) is 11.6 Å². The minimum absolute atomic E-state index is 0.186. The lowest BCUT2D eigenvalue weighted by Crippen LogP contribution is -2.28. The lowest BCUT2D eigenvalue weighted by molar-refractivity contribution is -0.217. The van der Waals surface area contributed by atoms with E-state index >= 15 is 0 Å². The van der Waals surface area contributed by atoms with Crippen molar-refractivity contribution in [2.24, 2.45) is 0 Å². The fourth-order valence-electron chi connectivity index (χ4n) is 2.52. The highest BCUT2D eigenvalue weighted by Crippen LogP contribution is 2.27. The van der Waals surface area contributed by atoms with E-state index in [0.717, 1.165) is 6.92 Å². The van der Waals surface area contributed by atoms with E-state index in [9.17, 15) is 17.6 Å². The van der Waals surface area contributed by atoms with Gasteiger partial charge in [0.05, 0.1) is 18.0 Å². The standard InChI is InChI=1S/C19H17F4N3O/c1-12(19(21,22)23)27-11-13-3-2-4-14(9-13)17-10-18(24)25-26(17)16-7-5-15(20)6-8-16/h2-10,12H,11H2,1H3,(H2,24,25). The fraction of sp³-hybridized carbons (Fsp3) is 0.211. The Labute approximate surface area is 153 Å². The van der Waals surface area contributed by atoms with Gasteiger partial charge in [0.25, 0.3) is 0 Å². The van der Waals surface area contributed by atoms with Crippen LogP contribution in [0, 0.1) is 5.82 Å². The second-order valence-electron chi connectivity index (χ2n) is 6.04. The third-order valence-corrected chi connectivity index (χ3v) is 3.98. The van der Waals surface area contributed by atoms with Crippen LogP contribution in [0.5, 0.6) is 0 Å². The molecule has 0 radical (unpaired) electrons. The van der Waals surface area contributed by atoms with Crippen molar-refractivity contribution in [1.29, 1.82) is 0 Å². The molecule has 0 spiro atoms. The van der Waals surface area contributed by atoms with Gasteiger partial charge in [-0.1, -0.05) is 18.2 Å². The monoisotopic (exact) mass is 379 g/mol. The highest BCUT2D eigenvalue weighted by Gasteiger charge is 2.36. The number of hydrogen-bond acceptors (Lipinski definition) is 3. The fourth-order valence-corrected chi connectivity index (χ4v) is 2.52. The molecule has 2 N–H and O–H groups in total. The van der Waals surface area contributed by atoms with E-state index in [-0.39, 0.29) is 18.2 Å². The number of hydrogen-bond donors (Lipinski definition) is 1. The Kier molecular flexibility index (Phi) is 5.18. The summed E-state index contributed by atoms with van der Waals surface area (Å²) in [6.07, 6.45) is -6.27. The number of nitrogens with zero attached hydrogens (tertiary/aromatic N) is 2. The third-order valence-electron chi connectivity index (χ3n) is 3.98. The Morgan fingerprint density at radius 3 is 2.48 bits per heavy atom. The zero-order chi connectivity index (χ0) is 19.6. The molecule has 0 saturated heterocycles. The van der Waals surface area contributed by atoms with Crippen molar-refractivity contribution in [1.82, 2.24) is 9.78 Å². The van der Waals surface area contributed by atoms with E-state index in [1.165, 1.54) is 12.1 Å². The summed E-state index contributed by atoms with van der Waals surface area (Å²) in [5.41, 5.74) is 8.33. The van der Waals surface area contributed by atoms with Crippen molar-refractivity contribution in [3.05, 3.63) is 66.0 Å². The lowest BCUT2D eigenvalue weighted by Gasteiger charge is -2.16. The van der Waals surface area contributed by atoms with Crippen molar-refractivity contribution in [2.75, 3.05) is 5.73 Å². The van der Waals surface area contributed by atoms with Crippen molar-refractivity contribution < 1.29 is 22.3 Å². The number of rotatable bonds is 5. The molecule has 1 unspecified atom stereocenters. The van der Waals surface area contributed by atoms with Gasteiger partial charge < -0.3 is 10.5 Å².